The molecule has 0 heterocycles. The summed E-state index contributed by atoms with van der Waals surface area (Å²) in [6.45, 7) is 6.10. The summed E-state index contributed by atoms with van der Waals surface area (Å²) in [5, 5.41) is 0. The second kappa shape index (κ2) is 4.47. The first kappa shape index (κ1) is 9.66. The molecule has 0 aliphatic carbocycles. The van der Waals surface area contributed by atoms with Crippen LogP contribution < -0.4 is 0 Å². The predicted octanol–water partition coefficient (Wildman–Crippen LogP) is 0.895. The van der Waals surface area contributed by atoms with Gasteiger partial charge in [-0.3, -0.25) is 0 Å². The zero-order valence-corrected chi connectivity index (χ0v) is 7.26. The van der Waals surface area contributed by atoms with Crippen molar-refractivity contribution in [3.63, 3.8) is 0 Å². The number of likely N-dealkylation sites (N-methyl/N-ethyl adjacent to an activating group) is 1. The monoisotopic (exact) mass is 144 g/mol. The van der Waals surface area contributed by atoms with Gasteiger partial charge in [0.05, 0.1) is 34.4 Å². The van der Waals surface area contributed by atoms with E-state index in [1.165, 1.54) is 0 Å². The Balaban J connectivity index is 3.12. The van der Waals surface area contributed by atoms with E-state index in [4.69, 9.17) is 4.74 Å². The van der Waals surface area contributed by atoms with Crippen molar-refractivity contribution in [2.75, 3.05) is 40.9 Å². The van der Waals surface area contributed by atoms with Crippen molar-refractivity contribution in [1.82, 2.24) is 0 Å². The molecule has 0 unspecified atom stereocenters. The van der Waals surface area contributed by atoms with Gasteiger partial charge >= 0.3 is 0 Å². The molecule has 0 atom stereocenters. The lowest BCUT2D eigenvalue weighted by Gasteiger charge is -2.23. The van der Waals surface area contributed by atoms with Gasteiger partial charge in [0, 0.05) is 0 Å². The highest BCUT2D eigenvalue weighted by Crippen LogP contribution is 1.88. The molecule has 0 aliphatic heterocycles. The zero-order chi connectivity index (χ0) is 8.04. The zero-order valence-electron chi connectivity index (χ0n) is 7.26. The van der Waals surface area contributed by atoms with Gasteiger partial charge in [-0.1, -0.05) is 6.08 Å². The van der Waals surface area contributed by atoms with E-state index in [2.05, 4.69) is 27.7 Å². The fraction of sp³-hybridized carbons (Fsp3) is 0.750. The van der Waals surface area contributed by atoms with Crippen LogP contribution in [0.5, 0.6) is 0 Å². The number of hydrogen-bond donors (Lipinski definition) is 0. The maximum Gasteiger partial charge on any atom is 0.102 e. The molecule has 0 aromatic rings. The summed E-state index contributed by atoms with van der Waals surface area (Å²) in [4.78, 5) is 0. The van der Waals surface area contributed by atoms with E-state index in [1.54, 1.807) is 6.08 Å². The van der Waals surface area contributed by atoms with Crippen LogP contribution in [0.15, 0.2) is 12.7 Å². The second-order valence-electron chi connectivity index (χ2n) is 3.38. The Morgan fingerprint density at radius 1 is 1.40 bits per heavy atom. The highest BCUT2D eigenvalue weighted by Gasteiger charge is 2.04. The van der Waals surface area contributed by atoms with Crippen LogP contribution >= 0.6 is 0 Å². The molecule has 60 valence electrons. The quantitative estimate of drug-likeness (QED) is 0.316. The fourth-order valence-corrected chi connectivity index (χ4v) is 0.505. The Labute approximate surface area is 63.7 Å². The summed E-state index contributed by atoms with van der Waals surface area (Å²) < 4.78 is 6.18. The molecule has 0 bridgehead atoms. The van der Waals surface area contributed by atoms with E-state index >= 15 is 0 Å². The molecule has 0 N–H and O–H groups in total. The van der Waals surface area contributed by atoms with Gasteiger partial charge in [-0.05, 0) is 0 Å². The van der Waals surface area contributed by atoms with E-state index < -0.39 is 0 Å². The number of nitrogens with zero attached hydrogens (tertiary/aromatic N) is 1. The third-order valence-electron chi connectivity index (χ3n) is 1.14. The van der Waals surface area contributed by atoms with Crippen LogP contribution in [0.1, 0.15) is 0 Å². The van der Waals surface area contributed by atoms with Crippen molar-refractivity contribution in [3.8, 4) is 0 Å². The Bertz CT molecular complexity index is 93.9. The molecular formula is C8H18NO+. The molecule has 0 aromatic carbocycles. The maximum atomic E-state index is 5.23. The van der Waals surface area contributed by atoms with Gasteiger partial charge in [-0.25, -0.2) is 0 Å². The van der Waals surface area contributed by atoms with Crippen LogP contribution in [-0.2, 0) is 4.74 Å². The van der Waals surface area contributed by atoms with Crippen molar-refractivity contribution >= 4 is 0 Å². The van der Waals surface area contributed by atoms with Crippen molar-refractivity contribution in [2.45, 2.75) is 0 Å². The average molecular weight is 144 g/mol. The normalized spacial score (nSPS) is 11.5. The van der Waals surface area contributed by atoms with E-state index in [0.717, 1.165) is 17.6 Å². The minimum atomic E-state index is 0.667. The Morgan fingerprint density at radius 2 is 2.00 bits per heavy atom. The summed E-state index contributed by atoms with van der Waals surface area (Å²) in [7, 11) is 6.45. The minimum Gasteiger partial charge on any atom is -0.372 e. The van der Waals surface area contributed by atoms with Gasteiger partial charge in [-0.2, -0.15) is 0 Å². The second-order valence-corrected chi connectivity index (χ2v) is 3.38. The van der Waals surface area contributed by atoms with Crippen molar-refractivity contribution in [1.29, 1.82) is 0 Å². The molecule has 0 spiro atoms. The first-order chi connectivity index (χ1) is 4.56. The van der Waals surface area contributed by atoms with Crippen LogP contribution in [-0.4, -0.2) is 45.4 Å². The Kier molecular flexibility index (Phi) is 4.32. The van der Waals surface area contributed by atoms with Gasteiger partial charge in [0.2, 0.25) is 0 Å². The van der Waals surface area contributed by atoms with Gasteiger partial charge < -0.3 is 9.22 Å². The molecule has 0 rings (SSSR count). The third-order valence-corrected chi connectivity index (χ3v) is 1.14. The molecule has 0 radical (unpaired) electrons. The summed E-state index contributed by atoms with van der Waals surface area (Å²) in [6.07, 6.45) is 1.77. The molecule has 10 heavy (non-hydrogen) atoms. The van der Waals surface area contributed by atoms with E-state index in [1.807, 2.05) is 0 Å². The summed E-state index contributed by atoms with van der Waals surface area (Å²) in [5.74, 6) is 0. The largest absolute Gasteiger partial charge is 0.372 e. The molecule has 0 saturated carbocycles. The summed E-state index contributed by atoms with van der Waals surface area (Å²) >= 11 is 0. The van der Waals surface area contributed by atoms with Crippen molar-refractivity contribution < 1.29 is 9.22 Å². The summed E-state index contributed by atoms with van der Waals surface area (Å²) in [6, 6.07) is 0. The van der Waals surface area contributed by atoms with Gasteiger partial charge in [0.1, 0.15) is 6.54 Å². The highest BCUT2D eigenvalue weighted by atomic mass is 16.5. The first-order valence-electron chi connectivity index (χ1n) is 3.55. The Hall–Kier alpha value is -0.340. The Morgan fingerprint density at radius 3 is 2.40 bits per heavy atom. The predicted molar refractivity (Wildman–Crippen MR) is 43.9 cm³/mol. The van der Waals surface area contributed by atoms with Crippen LogP contribution in [0.4, 0.5) is 0 Å². The van der Waals surface area contributed by atoms with Crippen LogP contribution in [0.2, 0.25) is 0 Å². The van der Waals surface area contributed by atoms with Crippen molar-refractivity contribution in [3.05, 3.63) is 12.7 Å². The average Bonchev–Trinajstić information content (AvgIpc) is 1.78. The third kappa shape index (κ3) is 7.66. The smallest absolute Gasteiger partial charge is 0.102 e. The fourth-order valence-electron chi connectivity index (χ4n) is 0.505. The number of quaternary nitrogens is 1. The first-order valence-corrected chi connectivity index (χ1v) is 3.55. The molecule has 0 aromatic heterocycles. The van der Waals surface area contributed by atoms with Crippen LogP contribution in [0, 0.1) is 0 Å². The van der Waals surface area contributed by atoms with E-state index in [0.29, 0.717) is 6.61 Å². The number of hydrogen-bond acceptors (Lipinski definition) is 1. The van der Waals surface area contributed by atoms with Gasteiger partial charge in [0.25, 0.3) is 0 Å². The number of rotatable bonds is 5. The lowest BCUT2D eigenvalue weighted by Crippen LogP contribution is -2.37. The molecule has 0 saturated heterocycles. The minimum absolute atomic E-state index is 0.667. The highest BCUT2D eigenvalue weighted by molar-refractivity contribution is 4.63. The molecule has 0 aliphatic rings. The van der Waals surface area contributed by atoms with E-state index in [9.17, 15) is 0 Å². The van der Waals surface area contributed by atoms with Gasteiger partial charge in [0.15, 0.2) is 0 Å². The SMILES string of the molecule is C=CCOCC[N+](C)(C)C. The standard InChI is InChI=1S/C8H18NO/c1-5-7-10-8-6-9(2,3)4/h5H,1,6-8H2,2-4H3/q+1. The van der Waals surface area contributed by atoms with Crippen molar-refractivity contribution in [2.24, 2.45) is 0 Å². The molecule has 2 nitrogen and oxygen atoms in total. The lowest BCUT2D eigenvalue weighted by atomic mass is 10.5. The molecule has 0 amide bonds. The topological polar surface area (TPSA) is 9.23 Å². The molecular weight excluding hydrogens is 126 g/mol. The lowest BCUT2D eigenvalue weighted by molar-refractivity contribution is -0.870. The summed E-state index contributed by atoms with van der Waals surface area (Å²) in [5.41, 5.74) is 0. The van der Waals surface area contributed by atoms with Crippen LogP contribution in [0.25, 0.3) is 0 Å². The van der Waals surface area contributed by atoms with Crippen LogP contribution in [0.3, 0.4) is 0 Å². The molecule has 0 fully saturated rings. The van der Waals surface area contributed by atoms with Gasteiger partial charge in [-0.15, -0.1) is 6.58 Å². The van der Waals surface area contributed by atoms with E-state index in [-0.39, 0.29) is 0 Å². The maximum absolute atomic E-state index is 5.23. The molecule has 2 heteroatoms. The number of ether oxygens (including phenoxy) is 1.